The minimum absolute atomic E-state index is 0.116. The molecule has 0 unspecified atom stereocenters. The van der Waals surface area contributed by atoms with Crippen molar-refractivity contribution in [3.63, 3.8) is 0 Å². The summed E-state index contributed by atoms with van der Waals surface area (Å²) in [6, 6.07) is 14.8. The Balaban J connectivity index is 2.19. The van der Waals surface area contributed by atoms with E-state index in [1.165, 1.54) is 18.2 Å². The second kappa shape index (κ2) is 8.22. The van der Waals surface area contributed by atoms with E-state index in [9.17, 15) is 18.5 Å². The summed E-state index contributed by atoms with van der Waals surface area (Å²) in [7, 11) is -3.64. The first-order valence-electron chi connectivity index (χ1n) is 8.05. The number of nitrogens with one attached hydrogen (secondary N) is 1. The summed E-state index contributed by atoms with van der Waals surface area (Å²) in [4.78, 5) is 10.3. The second-order valence-corrected chi connectivity index (χ2v) is 8.15. The molecule has 0 saturated carbocycles. The van der Waals surface area contributed by atoms with Gasteiger partial charge in [-0.3, -0.25) is 10.1 Å². The zero-order valence-corrected chi connectivity index (χ0v) is 15.1. The van der Waals surface area contributed by atoms with Gasteiger partial charge in [-0.05, 0) is 23.5 Å². The Morgan fingerprint density at radius 3 is 2.36 bits per heavy atom. The van der Waals surface area contributed by atoms with Crippen molar-refractivity contribution in [3.8, 4) is 0 Å². The monoisotopic (exact) mass is 362 g/mol. The quantitative estimate of drug-likeness (QED) is 0.571. The average molecular weight is 362 g/mol. The summed E-state index contributed by atoms with van der Waals surface area (Å²) >= 11 is 0. The van der Waals surface area contributed by atoms with Crippen molar-refractivity contribution in [1.29, 1.82) is 0 Å². The minimum Gasteiger partial charge on any atom is -0.258 e. The van der Waals surface area contributed by atoms with Crippen LogP contribution in [0.2, 0.25) is 0 Å². The van der Waals surface area contributed by atoms with Crippen LogP contribution in [0.25, 0.3) is 0 Å². The third-order valence-electron chi connectivity index (χ3n) is 3.71. The SMILES string of the molecule is CC(C)C[C@@H](NS(=O)(=O)Cc1cccc([N+](=O)[O-])c1)c1ccccc1. The van der Waals surface area contributed by atoms with Crippen LogP contribution in [-0.4, -0.2) is 13.3 Å². The van der Waals surface area contributed by atoms with Crippen molar-refractivity contribution in [3.05, 3.63) is 75.8 Å². The molecule has 25 heavy (non-hydrogen) atoms. The van der Waals surface area contributed by atoms with E-state index in [2.05, 4.69) is 4.72 Å². The summed E-state index contributed by atoms with van der Waals surface area (Å²) in [6.07, 6.45) is 0.665. The Morgan fingerprint density at radius 2 is 1.76 bits per heavy atom. The highest BCUT2D eigenvalue weighted by molar-refractivity contribution is 7.88. The molecule has 0 amide bonds. The third kappa shape index (κ3) is 5.95. The molecule has 1 N–H and O–H groups in total. The molecule has 0 spiro atoms. The summed E-state index contributed by atoms with van der Waals surface area (Å²) in [6.45, 7) is 4.07. The fourth-order valence-electron chi connectivity index (χ4n) is 2.65. The number of non-ortho nitro benzene ring substituents is 1. The lowest BCUT2D eigenvalue weighted by Gasteiger charge is -2.21. The molecule has 7 heteroatoms. The van der Waals surface area contributed by atoms with E-state index in [0.717, 1.165) is 5.56 Å². The standard InChI is InChI=1S/C18H22N2O4S/c1-14(2)11-18(16-8-4-3-5-9-16)19-25(23,24)13-15-7-6-10-17(12-15)20(21)22/h3-10,12,14,18-19H,11,13H2,1-2H3/t18-/m1/s1. The Hall–Kier alpha value is -2.25. The molecule has 0 bridgehead atoms. The zero-order valence-electron chi connectivity index (χ0n) is 14.3. The summed E-state index contributed by atoms with van der Waals surface area (Å²) in [5, 5.41) is 10.8. The molecule has 2 rings (SSSR count). The van der Waals surface area contributed by atoms with E-state index in [4.69, 9.17) is 0 Å². The maximum atomic E-state index is 12.6. The fourth-order valence-corrected chi connectivity index (χ4v) is 4.01. The zero-order chi connectivity index (χ0) is 18.4. The van der Waals surface area contributed by atoms with Crippen molar-refractivity contribution in [2.75, 3.05) is 0 Å². The smallest absolute Gasteiger partial charge is 0.258 e. The van der Waals surface area contributed by atoms with Crippen molar-refractivity contribution in [1.82, 2.24) is 4.72 Å². The van der Waals surface area contributed by atoms with Gasteiger partial charge in [0.25, 0.3) is 5.69 Å². The van der Waals surface area contributed by atoms with Gasteiger partial charge in [-0.1, -0.05) is 56.3 Å². The molecule has 0 aromatic heterocycles. The molecule has 0 fully saturated rings. The van der Waals surface area contributed by atoms with Crippen molar-refractivity contribution in [2.24, 2.45) is 5.92 Å². The number of nitro groups is 1. The Kier molecular flexibility index (Phi) is 6.27. The van der Waals surface area contributed by atoms with Gasteiger partial charge < -0.3 is 0 Å². The molecule has 0 saturated heterocycles. The number of hydrogen-bond acceptors (Lipinski definition) is 4. The lowest BCUT2D eigenvalue weighted by molar-refractivity contribution is -0.384. The highest BCUT2D eigenvalue weighted by Crippen LogP contribution is 2.23. The van der Waals surface area contributed by atoms with Gasteiger partial charge in [-0.15, -0.1) is 0 Å². The molecule has 1 atom stereocenters. The number of sulfonamides is 1. The summed E-state index contributed by atoms with van der Waals surface area (Å²) in [5.74, 6) is 0.0153. The van der Waals surface area contributed by atoms with E-state index >= 15 is 0 Å². The first-order valence-corrected chi connectivity index (χ1v) is 9.70. The Labute approximate surface area is 148 Å². The molecule has 0 aliphatic carbocycles. The van der Waals surface area contributed by atoms with Crippen LogP contribution in [0, 0.1) is 16.0 Å². The highest BCUT2D eigenvalue weighted by Gasteiger charge is 2.21. The van der Waals surface area contributed by atoms with Gasteiger partial charge in [0.15, 0.2) is 0 Å². The van der Waals surface area contributed by atoms with E-state index in [1.54, 1.807) is 6.07 Å². The number of rotatable bonds is 8. The molecular weight excluding hydrogens is 340 g/mol. The van der Waals surface area contributed by atoms with Gasteiger partial charge in [0.2, 0.25) is 10.0 Å². The van der Waals surface area contributed by atoms with Gasteiger partial charge in [0, 0.05) is 18.2 Å². The molecule has 0 aliphatic heterocycles. The topological polar surface area (TPSA) is 89.3 Å². The second-order valence-electron chi connectivity index (χ2n) is 6.40. The van der Waals surface area contributed by atoms with Gasteiger partial charge in [0.1, 0.15) is 0 Å². The van der Waals surface area contributed by atoms with Crippen LogP contribution in [0.15, 0.2) is 54.6 Å². The predicted molar refractivity (Wildman–Crippen MR) is 97.5 cm³/mol. The average Bonchev–Trinajstić information content (AvgIpc) is 2.54. The molecule has 0 aliphatic rings. The predicted octanol–water partition coefficient (Wildman–Crippen LogP) is 3.80. The van der Waals surface area contributed by atoms with Crippen molar-refractivity contribution in [2.45, 2.75) is 32.1 Å². The first kappa shape index (κ1) is 19.1. The molecule has 0 heterocycles. The van der Waals surface area contributed by atoms with Gasteiger partial charge in [0.05, 0.1) is 10.7 Å². The fraction of sp³-hybridized carbons (Fsp3) is 0.333. The molecular formula is C18H22N2O4S. The number of hydrogen-bond donors (Lipinski definition) is 1. The van der Waals surface area contributed by atoms with Crippen LogP contribution in [0.1, 0.15) is 37.4 Å². The third-order valence-corrected chi connectivity index (χ3v) is 5.07. The maximum absolute atomic E-state index is 12.6. The number of benzene rings is 2. The highest BCUT2D eigenvalue weighted by atomic mass is 32.2. The van der Waals surface area contributed by atoms with Gasteiger partial charge in [-0.2, -0.15) is 0 Å². The van der Waals surface area contributed by atoms with Crippen LogP contribution in [0.4, 0.5) is 5.69 Å². The van der Waals surface area contributed by atoms with Crippen LogP contribution in [0.3, 0.4) is 0 Å². The lowest BCUT2D eigenvalue weighted by Crippen LogP contribution is -2.30. The molecule has 2 aromatic carbocycles. The number of nitro benzene ring substituents is 1. The largest absolute Gasteiger partial charge is 0.269 e. The van der Waals surface area contributed by atoms with Crippen LogP contribution >= 0.6 is 0 Å². The van der Waals surface area contributed by atoms with Crippen LogP contribution in [0.5, 0.6) is 0 Å². The molecule has 2 aromatic rings. The minimum atomic E-state index is -3.64. The van der Waals surface area contributed by atoms with E-state index in [-0.39, 0.29) is 17.5 Å². The maximum Gasteiger partial charge on any atom is 0.269 e. The van der Waals surface area contributed by atoms with Crippen molar-refractivity contribution < 1.29 is 13.3 Å². The van der Waals surface area contributed by atoms with Crippen LogP contribution in [-0.2, 0) is 15.8 Å². The molecule has 6 nitrogen and oxygen atoms in total. The normalized spacial score (nSPS) is 12.9. The van der Waals surface area contributed by atoms with Gasteiger partial charge in [-0.25, -0.2) is 13.1 Å². The van der Waals surface area contributed by atoms with Gasteiger partial charge >= 0.3 is 0 Å². The first-order chi connectivity index (χ1) is 11.8. The molecule has 0 radical (unpaired) electrons. The number of nitrogens with zero attached hydrogens (tertiary/aromatic N) is 1. The summed E-state index contributed by atoms with van der Waals surface area (Å²) < 4.78 is 27.9. The van der Waals surface area contributed by atoms with E-state index in [0.29, 0.717) is 17.9 Å². The Bertz CT molecular complexity index is 820. The Morgan fingerprint density at radius 1 is 1.08 bits per heavy atom. The van der Waals surface area contributed by atoms with E-state index < -0.39 is 14.9 Å². The molecule has 134 valence electrons. The van der Waals surface area contributed by atoms with Crippen molar-refractivity contribution >= 4 is 15.7 Å². The van der Waals surface area contributed by atoms with Crippen LogP contribution < -0.4 is 4.72 Å². The summed E-state index contributed by atoms with van der Waals surface area (Å²) in [5.41, 5.74) is 1.17. The lowest BCUT2D eigenvalue weighted by atomic mass is 9.98. The van der Waals surface area contributed by atoms with E-state index in [1.807, 2.05) is 44.2 Å².